The number of hydrogen-bond acceptors (Lipinski definition) is 5. The van der Waals surface area contributed by atoms with E-state index in [1.165, 1.54) is 42.5 Å². The van der Waals surface area contributed by atoms with Gasteiger partial charge >= 0.3 is 6.18 Å². The Labute approximate surface area is 160 Å². The van der Waals surface area contributed by atoms with Crippen molar-refractivity contribution in [3.63, 3.8) is 0 Å². The number of rotatable bonds is 6. The molecule has 1 amide bonds. The first-order valence-electron chi connectivity index (χ1n) is 8.16. The maximum Gasteiger partial charge on any atom is 0.405 e. The highest BCUT2D eigenvalue weighted by molar-refractivity contribution is 5.80. The second-order valence-electron chi connectivity index (χ2n) is 5.82. The van der Waals surface area contributed by atoms with E-state index in [9.17, 15) is 27.2 Å². The van der Waals surface area contributed by atoms with Crippen molar-refractivity contribution < 1.29 is 36.2 Å². The summed E-state index contributed by atoms with van der Waals surface area (Å²) >= 11 is 0. The SMILES string of the molecule is O=C(COc1ccc2c(=O)c(Oc3ccc(F)cc3)coc2c1)NCC(F)(F)F. The fourth-order valence-corrected chi connectivity index (χ4v) is 2.28. The van der Waals surface area contributed by atoms with E-state index in [1.807, 2.05) is 0 Å². The molecule has 0 spiro atoms. The van der Waals surface area contributed by atoms with E-state index >= 15 is 0 Å². The summed E-state index contributed by atoms with van der Waals surface area (Å²) in [6, 6.07) is 9.08. The highest BCUT2D eigenvalue weighted by atomic mass is 19.4. The lowest BCUT2D eigenvalue weighted by Gasteiger charge is -2.10. The van der Waals surface area contributed by atoms with Gasteiger partial charge in [-0.2, -0.15) is 13.2 Å². The molecule has 0 radical (unpaired) electrons. The van der Waals surface area contributed by atoms with Crippen LogP contribution in [0.4, 0.5) is 17.6 Å². The average molecular weight is 411 g/mol. The highest BCUT2D eigenvalue weighted by Crippen LogP contribution is 2.24. The van der Waals surface area contributed by atoms with Crippen LogP contribution in [-0.4, -0.2) is 25.2 Å². The van der Waals surface area contributed by atoms with Crippen LogP contribution in [0.3, 0.4) is 0 Å². The summed E-state index contributed by atoms with van der Waals surface area (Å²) < 4.78 is 64.9. The molecule has 6 nitrogen and oxygen atoms in total. The number of carbonyl (C=O) groups is 1. The predicted octanol–water partition coefficient (Wildman–Crippen LogP) is 3.78. The molecule has 1 aromatic heterocycles. The van der Waals surface area contributed by atoms with Crippen LogP contribution < -0.4 is 20.2 Å². The monoisotopic (exact) mass is 411 g/mol. The summed E-state index contributed by atoms with van der Waals surface area (Å²) in [6.45, 7) is -2.10. The van der Waals surface area contributed by atoms with Crippen LogP contribution in [-0.2, 0) is 4.79 Å². The molecular weight excluding hydrogens is 398 g/mol. The van der Waals surface area contributed by atoms with E-state index in [2.05, 4.69) is 0 Å². The normalized spacial score (nSPS) is 11.3. The first kappa shape index (κ1) is 20.2. The van der Waals surface area contributed by atoms with Crippen molar-refractivity contribution in [1.82, 2.24) is 5.32 Å². The van der Waals surface area contributed by atoms with E-state index in [4.69, 9.17) is 13.9 Å². The second-order valence-corrected chi connectivity index (χ2v) is 5.82. The molecule has 10 heteroatoms. The van der Waals surface area contributed by atoms with Crippen LogP contribution in [0.1, 0.15) is 0 Å². The number of hydrogen-bond donors (Lipinski definition) is 1. The van der Waals surface area contributed by atoms with Crippen molar-refractivity contribution in [3.8, 4) is 17.2 Å². The first-order valence-corrected chi connectivity index (χ1v) is 8.16. The minimum atomic E-state index is -4.52. The Kier molecular flexibility index (Phi) is 5.71. The van der Waals surface area contributed by atoms with Crippen LogP contribution >= 0.6 is 0 Å². The lowest BCUT2D eigenvalue weighted by atomic mass is 10.2. The van der Waals surface area contributed by atoms with E-state index < -0.39 is 36.5 Å². The van der Waals surface area contributed by atoms with Crippen LogP contribution in [0.15, 0.2) is 57.9 Å². The summed E-state index contributed by atoms with van der Waals surface area (Å²) in [5, 5.41) is 1.82. The molecule has 0 unspecified atom stereocenters. The summed E-state index contributed by atoms with van der Waals surface area (Å²) in [5.41, 5.74) is -0.375. The van der Waals surface area contributed by atoms with Crippen molar-refractivity contribution in [3.05, 3.63) is 64.8 Å². The molecule has 0 aliphatic rings. The Morgan fingerprint density at radius 1 is 1.07 bits per heavy atom. The average Bonchev–Trinajstić information content (AvgIpc) is 2.68. The van der Waals surface area contributed by atoms with Gasteiger partial charge in [0.2, 0.25) is 11.2 Å². The molecule has 1 N–H and O–H groups in total. The third-order valence-electron chi connectivity index (χ3n) is 3.61. The zero-order valence-electron chi connectivity index (χ0n) is 14.6. The molecule has 0 bridgehead atoms. The number of amides is 1. The summed E-state index contributed by atoms with van der Waals surface area (Å²) in [7, 11) is 0. The van der Waals surface area contributed by atoms with Gasteiger partial charge in [-0.15, -0.1) is 0 Å². The van der Waals surface area contributed by atoms with Gasteiger partial charge in [-0.25, -0.2) is 4.39 Å². The Hall–Kier alpha value is -3.56. The molecule has 29 heavy (non-hydrogen) atoms. The van der Waals surface area contributed by atoms with Gasteiger partial charge in [0.1, 0.15) is 35.7 Å². The molecule has 3 rings (SSSR count). The molecule has 1 heterocycles. The Balaban J connectivity index is 1.70. The topological polar surface area (TPSA) is 77.8 Å². The van der Waals surface area contributed by atoms with E-state index in [-0.39, 0.29) is 28.2 Å². The molecule has 0 saturated heterocycles. The molecule has 0 saturated carbocycles. The largest absolute Gasteiger partial charge is 0.484 e. The van der Waals surface area contributed by atoms with Gasteiger partial charge < -0.3 is 19.2 Å². The lowest BCUT2D eigenvalue weighted by Crippen LogP contribution is -2.36. The first-order chi connectivity index (χ1) is 13.7. The molecule has 0 atom stereocenters. The minimum absolute atomic E-state index is 0.120. The molecular formula is C19H13F4NO5. The third-order valence-corrected chi connectivity index (χ3v) is 3.61. The van der Waals surface area contributed by atoms with Crippen LogP contribution in [0.2, 0.25) is 0 Å². The number of halogens is 4. The highest BCUT2D eigenvalue weighted by Gasteiger charge is 2.27. The maximum absolute atomic E-state index is 12.9. The number of alkyl halides is 3. The molecule has 152 valence electrons. The fourth-order valence-electron chi connectivity index (χ4n) is 2.28. The summed E-state index contributed by atoms with van der Waals surface area (Å²) in [4.78, 5) is 23.9. The van der Waals surface area contributed by atoms with Gasteiger partial charge in [-0.1, -0.05) is 0 Å². The maximum atomic E-state index is 12.9. The number of carbonyl (C=O) groups excluding carboxylic acids is 1. The van der Waals surface area contributed by atoms with Gasteiger partial charge in [0.05, 0.1) is 5.39 Å². The Morgan fingerprint density at radius 2 is 1.76 bits per heavy atom. The zero-order chi connectivity index (χ0) is 21.0. The van der Waals surface area contributed by atoms with Gasteiger partial charge in [0.15, 0.2) is 6.61 Å². The smallest absolute Gasteiger partial charge is 0.405 e. The molecule has 0 aliphatic heterocycles. The van der Waals surface area contributed by atoms with Crippen LogP contribution in [0.25, 0.3) is 11.0 Å². The van der Waals surface area contributed by atoms with Crippen molar-refractivity contribution >= 4 is 16.9 Å². The van der Waals surface area contributed by atoms with E-state index in [0.29, 0.717) is 0 Å². The second kappa shape index (κ2) is 8.21. The van der Waals surface area contributed by atoms with E-state index in [0.717, 1.165) is 6.26 Å². The molecule has 2 aromatic carbocycles. The van der Waals surface area contributed by atoms with Crippen LogP contribution in [0.5, 0.6) is 17.2 Å². The van der Waals surface area contributed by atoms with Crippen molar-refractivity contribution in [2.45, 2.75) is 6.18 Å². The molecule has 0 fully saturated rings. The van der Waals surface area contributed by atoms with Crippen LogP contribution in [0, 0.1) is 5.82 Å². The number of benzene rings is 2. The molecule has 0 aliphatic carbocycles. The number of ether oxygens (including phenoxy) is 2. The fraction of sp³-hybridized carbons (Fsp3) is 0.158. The van der Waals surface area contributed by atoms with E-state index in [1.54, 1.807) is 5.32 Å². The van der Waals surface area contributed by atoms with Crippen molar-refractivity contribution in [2.24, 2.45) is 0 Å². The Morgan fingerprint density at radius 3 is 2.45 bits per heavy atom. The van der Waals surface area contributed by atoms with Gasteiger partial charge in [-0.05, 0) is 36.4 Å². The third kappa shape index (κ3) is 5.47. The number of nitrogens with one attached hydrogen (secondary N) is 1. The predicted molar refractivity (Wildman–Crippen MR) is 93.5 cm³/mol. The quantitative estimate of drug-likeness (QED) is 0.625. The molecule has 3 aromatic rings. The summed E-state index contributed by atoms with van der Waals surface area (Å²) in [5.74, 6) is -1.17. The number of fused-ring (bicyclic) bond motifs is 1. The van der Waals surface area contributed by atoms with Gasteiger partial charge in [0.25, 0.3) is 5.91 Å². The van der Waals surface area contributed by atoms with Gasteiger partial charge in [0, 0.05) is 6.07 Å². The summed E-state index contributed by atoms with van der Waals surface area (Å²) in [6.07, 6.45) is -3.45. The lowest BCUT2D eigenvalue weighted by molar-refractivity contribution is -0.139. The minimum Gasteiger partial charge on any atom is -0.484 e. The van der Waals surface area contributed by atoms with Crippen molar-refractivity contribution in [2.75, 3.05) is 13.2 Å². The van der Waals surface area contributed by atoms with Gasteiger partial charge in [-0.3, -0.25) is 9.59 Å². The zero-order valence-corrected chi connectivity index (χ0v) is 14.6. The van der Waals surface area contributed by atoms with Crippen molar-refractivity contribution in [1.29, 1.82) is 0 Å². The standard InChI is InChI=1S/C19H13F4NO5/c20-11-1-3-12(4-2-11)29-16-8-28-15-7-13(5-6-14(15)18(16)26)27-9-17(25)24-10-19(21,22)23/h1-8H,9-10H2,(H,24,25). The Bertz CT molecular complexity index is 1080.